The van der Waals surface area contributed by atoms with E-state index in [1.54, 1.807) is 6.20 Å². The molecule has 0 aliphatic carbocycles. The summed E-state index contributed by atoms with van der Waals surface area (Å²) in [5, 5.41) is 18.7. The van der Waals surface area contributed by atoms with Gasteiger partial charge in [-0.3, -0.25) is 9.89 Å². The number of carbonyl (C=O) groups excluding carboxylic acids is 1. The number of nitrogens with zero attached hydrogens (tertiary/aromatic N) is 4. The molecule has 0 radical (unpaired) electrons. The van der Waals surface area contributed by atoms with Crippen LogP contribution in [0.3, 0.4) is 0 Å². The minimum Gasteiger partial charge on any atom is -0.387 e. The van der Waals surface area contributed by atoms with E-state index < -0.39 is 12.5 Å². The Balaban J connectivity index is 1.76. The molecule has 31 heavy (non-hydrogen) atoms. The first-order valence-electron chi connectivity index (χ1n) is 9.97. The molecule has 4 heterocycles. The first kappa shape index (κ1) is 21.2. The number of thiophene rings is 1. The lowest BCUT2D eigenvalue weighted by molar-refractivity contribution is -0.123. The summed E-state index contributed by atoms with van der Waals surface area (Å²) in [6.07, 6.45) is 5.59. The van der Waals surface area contributed by atoms with E-state index in [2.05, 4.69) is 27.0 Å². The molecule has 1 aliphatic heterocycles. The van der Waals surface area contributed by atoms with E-state index in [-0.39, 0.29) is 0 Å². The number of morpholine rings is 1. The zero-order chi connectivity index (χ0) is 21.8. The number of allylic oxidation sites excluding steroid dienone is 1. The van der Waals surface area contributed by atoms with Crippen LogP contribution in [0.5, 0.6) is 0 Å². The van der Waals surface area contributed by atoms with Crippen LogP contribution in [0.25, 0.3) is 21.9 Å². The van der Waals surface area contributed by atoms with Crippen molar-refractivity contribution in [1.82, 2.24) is 25.5 Å². The Bertz CT molecular complexity index is 1130. The first-order chi connectivity index (χ1) is 15.1. The van der Waals surface area contributed by atoms with Crippen LogP contribution in [-0.2, 0) is 16.1 Å². The number of hydrogen-bond donors (Lipinski definition) is 3. The van der Waals surface area contributed by atoms with Gasteiger partial charge < -0.3 is 20.1 Å². The van der Waals surface area contributed by atoms with Crippen molar-refractivity contribution in [3.63, 3.8) is 0 Å². The molecule has 1 aliphatic rings. The van der Waals surface area contributed by atoms with Crippen LogP contribution >= 0.6 is 11.3 Å². The van der Waals surface area contributed by atoms with E-state index in [0.29, 0.717) is 31.2 Å². The molecule has 0 spiro atoms. The van der Waals surface area contributed by atoms with Gasteiger partial charge in [-0.1, -0.05) is 12.7 Å². The van der Waals surface area contributed by atoms with Crippen LogP contribution in [-0.4, -0.2) is 64.1 Å². The molecule has 0 saturated carbocycles. The van der Waals surface area contributed by atoms with Gasteiger partial charge in [0.05, 0.1) is 41.9 Å². The van der Waals surface area contributed by atoms with Crippen molar-refractivity contribution in [2.45, 2.75) is 13.5 Å². The normalized spacial score (nSPS) is 14.5. The maximum absolute atomic E-state index is 11.4. The Hall–Kier alpha value is -3.08. The van der Waals surface area contributed by atoms with Gasteiger partial charge in [0, 0.05) is 29.1 Å². The van der Waals surface area contributed by atoms with E-state index in [1.165, 1.54) is 11.3 Å². The molecule has 10 heteroatoms. The van der Waals surface area contributed by atoms with Crippen molar-refractivity contribution in [2.75, 3.05) is 37.8 Å². The summed E-state index contributed by atoms with van der Waals surface area (Å²) < 4.78 is 6.46. The number of aromatic nitrogens is 4. The average Bonchev–Trinajstić information content (AvgIpc) is 3.43. The highest BCUT2D eigenvalue weighted by Gasteiger charge is 2.21. The fraction of sp³-hybridized carbons (Fsp3) is 0.333. The van der Waals surface area contributed by atoms with Crippen molar-refractivity contribution < 1.29 is 14.6 Å². The molecular formula is C21H24N6O3S. The summed E-state index contributed by atoms with van der Waals surface area (Å²) in [6, 6.07) is 1.95. The van der Waals surface area contributed by atoms with E-state index in [0.717, 1.165) is 45.3 Å². The van der Waals surface area contributed by atoms with Crippen molar-refractivity contribution in [3.05, 3.63) is 46.9 Å². The van der Waals surface area contributed by atoms with Gasteiger partial charge in [0.2, 0.25) is 5.91 Å². The number of rotatable bonds is 7. The van der Waals surface area contributed by atoms with E-state index >= 15 is 0 Å². The molecule has 0 aromatic carbocycles. The number of fused-ring (bicyclic) bond motifs is 1. The summed E-state index contributed by atoms with van der Waals surface area (Å²) in [5.41, 5.74) is 3.17. The molecule has 0 bridgehead atoms. The highest BCUT2D eigenvalue weighted by Crippen LogP contribution is 2.34. The quantitative estimate of drug-likeness (QED) is 0.514. The second-order valence-corrected chi connectivity index (χ2v) is 8.14. The minimum atomic E-state index is -0.535. The molecule has 1 fully saturated rings. The number of aromatic amines is 1. The number of anilines is 1. The number of carbonyl (C=O) groups is 1. The number of nitrogens with one attached hydrogen (secondary N) is 2. The molecule has 9 nitrogen and oxygen atoms in total. The number of aliphatic hydroxyl groups excluding tert-OH is 1. The van der Waals surface area contributed by atoms with Crippen molar-refractivity contribution in [1.29, 1.82) is 0 Å². The van der Waals surface area contributed by atoms with Crippen molar-refractivity contribution >= 4 is 44.9 Å². The average molecular weight is 441 g/mol. The van der Waals surface area contributed by atoms with Gasteiger partial charge in [0.1, 0.15) is 6.61 Å². The molecule has 4 rings (SSSR count). The molecule has 3 aromatic rings. The van der Waals surface area contributed by atoms with Gasteiger partial charge in [0.25, 0.3) is 0 Å². The highest BCUT2D eigenvalue weighted by molar-refractivity contribution is 7.19. The van der Waals surface area contributed by atoms with Crippen LogP contribution in [0, 0.1) is 0 Å². The summed E-state index contributed by atoms with van der Waals surface area (Å²) in [6.45, 7) is 8.72. The van der Waals surface area contributed by atoms with Gasteiger partial charge in [-0.15, -0.1) is 11.3 Å². The van der Waals surface area contributed by atoms with Gasteiger partial charge in [0.15, 0.2) is 11.6 Å². The molecule has 3 aromatic heterocycles. The standard InChI is InChI=1S/C21H24N6O3S/c1-3-4-16-15(11-23-26-16)13(2)20-24-17-9-14(10-22-18(29)12-28)31-19(17)21(25-20)27-5-7-30-8-6-27/h3-4,9,11,28H,2,5-8,10,12H2,1H3,(H,22,29)(H,23,26)/b4-3-. The van der Waals surface area contributed by atoms with E-state index in [1.807, 2.05) is 25.1 Å². The fourth-order valence-corrected chi connectivity index (χ4v) is 4.42. The van der Waals surface area contributed by atoms with Crippen molar-refractivity contribution in [3.8, 4) is 0 Å². The van der Waals surface area contributed by atoms with Crippen LogP contribution in [0.4, 0.5) is 5.82 Å². The fourth-order valence-electron chi connectivity index (χ4n) is 3.37. The molecular weight excluding hydrogens is 416 g/mol. The third kappa shape index (κ3) is 4.50. The SMILES string of the molecule is C=C(c1nc(N2CCOCC2)c2sc(CNC(=O)CO)cc2n1)c1cn[nH]c1/C=C\C. The van der Waals surface area contributed by atoms with E-state index in [4.69, 9.17) is 19.8 Å². The first-order valence-corrected chi connectivity index (χ1v) is 10.8. The number of aliphatic hydroxyl groups is 1. The lowest BCUT2D eigenvalue weighted by Crippen LogP contribution is -2.37. The summed E-state index contributed by atoms with van der Waals surface area (Å²) in [7, 11) is 0. The lowest BCUT2D eigenvalue weighted by atomic mass is 10.1. The zero-order valence-corrected chi connectivity index (χ0v) is 18.0. The number of ether oxygens (including phenoxy) is 1. The maximum Gasteiger partial charge on any atom is 0.246 e. The second kappa shape index (κ2) is 9.38. The summed E-state index contributed by atoms with van der Waals surface area (Å²) >= 11 is 1.54. The van der Waals surface area contributed by atoms with Gasteiger partial charge in [-0.2, -0.15) is 5.10 Å². The third-order valence-electron chi connectivity index (χ3n) is 4.92. The summed E-state index contributed by atoms with van der Waals surface area (Å²) in [5.74, 6) is 0.956. The Morgan fingerprint density at radius 2 is 2.23 bits per heavy atom. The zero-order valence-electron chi connectivity index (χ0n) is 17.2. The predicted molar refractivity (Wildman–Crippen MR) is 121 cm³/mol. The number of H-pyrrole nitrogens is 1. The molecule has 162 valence electrons. The topological polar surface area (TPSA) is 116 Å². The highest BCUT2D eigenvalue weighted by atomic mass is 32.1. The minimum absolute atomic E-state index is 0.326. The van der Waals surface area contributed by atoms with Crippen molar-refractivity contribution in [2.24, 2.45) is 0 Å². The van der Waals surface area contributed by atoms with Gasteiger partial charge >= 0.3 is 0 Å². The Kier molecular flexibility index (Phi) is 6.40. The Morgan fingerprint density at radius 3 is 2.97 bits per heavy atom. The number of amides is 1. The Morgan fingerprint density at radius 1 is 1.42 bits per heavy atom. The molecule has 1 amide bonds. The van der Waals surface area contributed by atoms with Crippen LogP contribution < -0.4 is 10.2 Å². The van der Waals surface area contributed by atoms with Crippen LogP contribution in [0.15, 0.2) is 24.9 Å². The molecule has 0 unspecified atom stereocenters. The summed E-state index contributed by atoms with van der Waals surface area (Å²) in [4.78, 5) is 24.2. The van der Waals surface area contributed by atoms with Crippen LogP contribution in [0.1, 0.15) is 28.9 Å². The molecule has 0 atom stereocenters. The largest absolute Gasteiger partial charge is 0.387 e. The van der Waals surface area contributed by atoms with Gasteiger partial charge in [-0.25, -0.2) is 9.97 Å². The number of hydrogen-bond acceptors (Lipinski definition) is 8. The van der Waals surface area contributed by atoms with Crippen LogP contribution in [0.2, 0.25) is 0 Å². The maximum atomic E-state index is 11.4. The predicted octanol–water partition coefficient (Wildman–Crippen LogP) is 1.95. The smallest absolute Gasteiger partial charge is 0.246 e. The Labute approximate surface area is 183 Å². The monoisotopic (exact) mass is 440 g/mol. The molecule has 1 saturated heterocycles. The van der Waals surface area contributed by atoms with Gasteiger partial charge in [-0.05, 0) is 19.1 Å². The third-order valence-corrected chi connectivity index (χ3v) is 6.04. The molecule has 3 N–H and O–H groups in total. The van der Waals surface area contributed by atoms with E-state index in [9.17, 15) is 4.79 Å². The lowest BCUT2D eigenvalue weighted by Gasteiger charge is -2.28. The second-order valence-electron chi connectivity index (χ2n) is 7.01.